The molecule has 4 aromatic rings. The largest absolute Gasteiger partial charge is 0.497 e. The molecule has 2 aromatic carbocycles. The second-order valence-electron chi connectivity index (χ2n) is 8.19. The van der Waals surface area contributed by atoms with Crippen molar-refractivity contribution in [1.29, 1.82) is 0 Å². The summed E-state index contributed by atoms with van der Waals surface area (Å²) in [5, 5.41) is 4.77. The number of anilines is 1. The standard InChI is InChI=1S/C25H26N6O3/c1-34-21-9-7-19(8-10-21)28-13-15-29(16-14-28)23(32)11-12-30-18-26-24-22(25(30)33)17-27-31(24)20-5-3-2-4-6-20/h2-10,17-18H,11-16H2,1H3. The number of nitrogens with zero attached hydrogens (tertiary/aromatic N) is 6. The molecule has 1 fully saturated rings. The molecule has 9 heteroatoms. The fourth-order valence-corrected chi connectivity index (χ4v) is 4.25. The smallest absolute Gasteiger partial charge is 0.264 e. The van der Waals surface area contributed by atoms with Crippen LogP contribution in [0, 0.1) is 0 Å². The lowest BCUT2D eigenvalue weighted by Gasteiger charge is -2.36. The molecule has 0 atom stereocenters. The highest BCUT2D eigenvalue weighted by atomic mass is 16.5. The van der Waals surface area contributed by atoms with E-state index in [0.29, 0.717) is 24.1 Å². The molecule has 0 spiro atoms. The average Bonchev–Trinajstić information content (AvgIpc) is 3.34. The minimum atomic E-state index is -0.190. The van der Waals surface area contributed by atoms with Gasteiger partial charge in [0.15, 0.2) is 5.65 Å². The van der Waals surface area contributed by atoms with Gasteiger partial charge >= 0.3 is 0 Å². The first kappa shape index (κ1) is 21.7. The van der Waals surface area contributed by atoms with Crippen molar-refractivity contribution in [3.8, 4) is 11.4 Å². The summed E-state index contributed by atoms with van der Waals surface area (Å²) >= 11 is 0. The van der Waals surface area contributed by atoms with Crippen molar-refractivity contribution >= 4 is 22.6 Å². The molecule has 0 aliphatic carbocycles. The molecule has 9 nitrogen and oxygen atoms in total. The van der Waals surface area contributed by atoms with Gasteiger partial charge in [-0.15, -0.1) is 0 Å². The first-order valence-corrected chi connectivity index (χ1v) is 11.3. The summed E-state index contributed by atoms with van der Waals surface area (Å²) in [6, 6.07) is 17.5. The van der Waals surface area contributed by atoms with Gasteiger partial charge in [0.2, 0.25) is 5.91 Å². The van der Waals surface area contributed by atoms with Crippen LogP contribution in [-0.2, 0) is 11.3 Å². The summed E-state index contributed by atoms with van der Waals surface area (Å²) in [6.45, 7) is 3.13. The van der Waals surface area contributed by atoms with Crippen LogP contribution in [0.2, 0.25) is 0 Å². The molecule has 2 aromatic heterocycles. The SMILES string of the molecule is COc1ccc(N2CCN(C(=O)CCn3cnc4c(cnn4-c4ccccc4)c3=O)CC2)cc1. The number of rotatable bonds is 6. The number of methoxy groups -OCH3 is 1. The Morgan fingerprint density at radius 1 is 0.971 bits per heavy atom. The first-order chi connectivity index (χ1) is 16.6. The van der Waals surface area contributed by atoms with Gasteiger partial charge in [0, 0.05) is 44.8 Å². The second kappa shape index (κ2) is 9.38. The molecular formula is C25H26N6O3. The molecule has 0 radical (unpaired) electrons. The number of ether oxygens (including phenoxy) is 1. The van der Waals surface area contributed by atoms with Crippen LogP contribution in [0.4, 0.5) is 5.69 Å². The van der Waals surface area contributed by atoms with Crippen molar-refractivity contribution in [3.63, 3.8) is 0 Å². The quantitative estimate of drug-likeness (QED) is 0.441. The van der Waals surface area contributed by atoms with E-state index in [0.717, 1.165) is 30.2 Å². The molecule has 34 heavy (non-hydrogen) atoms. The van der Waals surface area contributed by atoms with E-state index in [-0.39, 0.29) is 24.4 Å². The summed E-state index contributed by atoms with van der Waals surface area (Å²) in [5.41, 5.74) is 2.28. The number of amides is 1. The Morgan fingerprint density at radius 3 is 2.41 bits per heavy atom. The number of piperazine rings is 1. The van der Waals surface area contributed by atoms with Crippen molar-refractivity contribution in [2.24, 2.45) is 0 Å². The summed E-state index contributed by atoms with van der Waals surface area (Å²) in [4.78, 5) is 34.3. The molecule has 1 amide bonds. The fourth-order valence-electron chi connectivity index (χ4n) is 4.25. The molecule has 5 rings (SSSR count). The highest BCUT2D eigenvalue weighted by molar-refractivity contribution is 5.77. The van der Waals surface area contributed by atoms with Gasteiger partial charge in [-0.3, -0.25) is 14.2 Å². The van der Waals surface area contributed by atoms with Crippen LogP contribution in [-0.4, -0.2) is 63.4 Å². The third kappa shape index (κ3) is 4.24. The predicted molar refractivity (Wildman–Crippen MR) is 130 cm³/mol. The number of carbonyl (C=O) groups excluding carboxylic acids is 1. The van der Waals surface area contributed by atoms with Crippen LogP contribution in [0.15, 0.2) is 71.9 Å². The van der Waals surface area contributed by atoms with E-state index in [2.05, 4.69) is 15.0 Å². The monoisotopic (exact) mass is 458 g/mol. The zero-order valence-electron chi connectivity index (χ0n) is 19.0. The molecule has 0 unspecified atom stereocenters. The zero-order valence-corrected chi connectivity index (χ0v) is 19.0. The van der Waals surface area contributed by atoms with E-state index in [1.807, 2.05) is 59.5 Å². The summed E-state index contributed by atoms with van der Waals surface area (Å²) < 4.78 is 8.36. The predicted octanol–water partition coefficient (Wildman–Crippen LogP) is 2.33. The Morgan fingerprint density at radius 2 is 1.71 bits per heavy atom. The van der Waals surface area contributed by atoms with Crippen molar-refractivity contribution in [2.75, 3.05) is 38.2 Å². The lowest BCUT2D eigenvalue weighted by atomic mass is 10.2. The van der Waals surface area contributed by atoms with E-state index in [4.69, 9.17) is 4.74 Å². The fraction of sp³-hybridized carbons (Fsp3) is 0.280. The van der Waals surface area contributed by atoms with Crippen molar-refractivity contribution in [3.05, 3.63) is 77.5 Å². The van der Waals surface area contributed by atoms with Crippen LogP contribution in [0.3, 0.4) is 0 Å². The summed E-state index contributed by atoms with van der Waals surface area (Å²) in [5.74, 6) is 0.870. The topological polar surface area (TPSA) is 85.5 Å². The van der Waals surface area contributed by atoms with Crippen LogP contribution in [0.25, 0.3) is 16.7 Å². The molecule has 0 saturated carbocycles. The van der Waals surface area contributed by atoms with Gasteiger partial charge in [0.25, 0.3) is 5.56 Å². The Bertz CT molecular complexity index is 1340. The van der Waals surface area contributed by atoms with E-state index in [9.17, 15) is 9.59 Å². The van der Waals surface area contributed by atoms with Gasteiger partial charge in [0.1, 0.15) is 11.1 Å². The lowest BCUT2D eigenvalue weighted by molar-refractivity contribution is -0.131. The van der Waals surface area contributed by atoms with E-state index < -0.39 is 0 Å². The molecule has 0 bridgehead atoms. The summed E-state index contributed by atoms with van der Waals surface area (Å²) in [6.07, 6.45) is 3.29. The Kier molecular flexibility index (Phi) is 5.99. The van der Waals surface area contributed by atoms with E-state index in [1.165, 1.54) is 17.1 Å². The number of hydrogen-bond donors (Lipinski definition) is 0. The Hall–Kier alpha value is -4.14. The van der Waals surface area contributed by atoms with Gasteiger partial charge < -0.3 is 14.5 Å². The number of aryl methyl sites for hydroxylation is 1. The Labute approximate surface area is 196 Å². The number of fused-ring (bicyclic) bond motifs is 1. The molecule has 3 heterocycles. The number of carbonyl (C=O) groups is 1. The lowest BCUT2D eigenvalue weighted by Crippen LogP contribution is -2.49. The minimum absolute atomic E-state index is 0.0429. The number of hydrogen-bond acceptors (Lipinski definition) is 6. The van der Waals surface area contributed by atoms with Gasteiger partial charge in [0.05, 0.1) is 25.3 Å². The number of benzene rings is 2. The van der Waals surface area contributed by atoms with E-state index >= 15 is 0 Å². The maximum Gasteiger partial charge on any atom is 0.264 e. The van der Waals surface area contributed by atoms with Crippen LogP contribution < -0.4 is 15.2 Å². The molecule has 1 aliphatic rings. The summed E-state index contributed by atoms with van der Waals surface area (Å²) in [7, 11) is 1.65. The van der Waals surface area contributed by atoms with Crippen LogP contribution in [0.1, 0.15) is 6.42 Å². The van der Waals surface area contributed by atoms with Crippen LogP contribution >= 0.6 is 0 Å². The zero-order chi connectivity index (χ0) is 23.5. The molecule has 1 aliphatic heterocycles. The Balaban J connectivity index is 1.20. The minimum Gasteiger partial charge on any atom is -0.497 e. The van der Waals surface area contributed by atoms with Crippen LogP contribution in [0.5, 0.6) is 5.75 Å². The van der Waals surface area contributed by atoms with E-state index in [1.54, 1.807) is 11.8 Å². The first-order valence-electron chi connectivity index (χ1n) is 11.3. The third-order valence-corrected chi connectivity index (χ3v) is 6.19. The molecule has 0 N–H and O–H groups in total. The normalized spacial score (nSPS) is 13.9. The van der Waals surface area contributed by atoms with Crippen molar-refractivity contribution in [1.82, 2.24) is 24.2 Å². The van der Waals surface area contributed by atoms with Crippen molar-refractivity contribution in [2.45, 2.75) is 13.0 Å². The van der Waals surface area contributed by atoms with Crippen molar-refractivity contribution < 1.29 is 9.53 Å². The molecule has 174 valence electrons. The number of para-hydroxylation sites is 1. The molecule has 1 saturated heterocycles. The number of aromatic nitrogens is 4. The second-order valence-corrected chi connectivity index (χ2v) is 8.19. The van der Waals surface area contributed by atoms with Gasteiger partial charge in [-0.25, -0.2) is 9.67 Å². The third-order valence-electron chi connectivity index (χ3n) is 6.19. The molecular weight excluding hydrogens is 432 g/mol. The van der Waals surface area contributed by atoms with Gasteiger partial charge in [-0.05, 0) is 36.4 Å². The van der Waals surface area contributed by atoms with Gasteiger partial charge in [-0.1, -0.05) is 18.2 Å². The average molecular weight is 459 g/mol. The highest BCUT2D eigenvalue weighted by Crippen LogP contribution is 2.21. The highest BCUT2D eigenvalue weighted by Gasteiger charge is 2.21. The van der Waals surface area contributed by atoms with Gasteiger partial charge in [-0.2, -0.15) is 5.10 Å². The maximum atomic E-state index is 12.9. The maximum absolute atomic E-state index is 12.9.